The molecule has 0 aliphatic heterocycles. The smallest absolute Gasteiger partial charge is 0.159 e. The van der Waals surface area contributed by atoms with Crippen molar-refractivity contribution in [1.82, 2.24) is 29.9 Å². The highest BCUT2D eigenvalue weighted by molar-refractivity contribution is 6.04. The lowest BCUT2D eigenvalue weighted by molar-refractivity contribution is 1.25. The van der Waals surface area contributed by atoms with Crippen LogP contribution in [-0.2, 0) is 0 Å². The molecule has 0 unspecified atom stereocenters. The fraction of sp³-hybridized carbons (Fsp3) is 0. The van der Waals surface area contributed by atoms with E-state index in [0.717, 1.165) is 55.4 Å². The third kappa shape index (κ3) is 3.04. The van der Waals surface area contributed by atoms with Crippen molar-refractivity contribution in [3.8, 4) is 22.8 Å². The molecule has 6 nitrogen and oxygen atoms in total. The van der Waals surface area contributed by atoms with E-state index in [1.807, 2.05) is 60.7 Å². The van der Waals surface area contributed by atoms with Crippen molar-refractivity contribution >= 4 is 43.9 Å². The van der Waals surface area contributed by atoms with Crippen molar-refractivity contribution in [2.24, 2.45) is 0 Å². The first-order valence-electron chi connectivity index (χ1n) is 11.0. The summed E-state index contributed by atoms with van der Waals surface area (Å²) in [5.41, 5.74) is 6.21. The average Bonchev–Trinajstić information content (AvgIpc) is 2.92. The van der Waals surface area contributed by atoms with Gasteiger partial charge < -0.3 is 0 Å². The molecule has 6 aromatic heterocycles. The highest BCUT2D eigenvalue weighted by atomic mass is 14.9. The summed E-state index contributed by atoms with van der Waals surface area (Å²) in [5.74, 6) is 0. The highest BCUT2D eigenvalue weighted by Gasteiger charge is 2.11. The maximum Gasteiger partial charge on any atom is 0.159 e. The molecule has 0 bridgehead atoms. The van der Waals surface area contributed by atoms with E-state index in [4.69, 9.17) is 19.9 Å². The van der Waals surface area contributed by atoms with E-state index >= 15 is 0 Å². The molecule has 0 fully saturated rings. The van der Waals surface area contributed by atoms with Crippen molar-refractivity contribution in [3.63, 3.8) is 0 Å². The van der Waals surface area contributed by atoms with Crippen molar-refractivity contribution in [2.75, 3.05) is 0 Å². The number of hydrogen-bond donors (Lipinski definition) is 0. The molecule has 0 spiro atoms. The minimum atomic E-state index is 0.705. The Morgan fingerprint density at radius 3 is 1.21 bits per heavy atom. The van der Waals surface area contributed by atoms with Crippen LogP contribution in [0.4, 0.5) is 0 Å². The predicted octanol–water partition coefficient (Wildman–Crippen LogP) is 6.00. The average molecular weight is 436 g/mol. The molecule has 7 rings (SSSR count). The Morgan fingerprint density at radius 1 is 0.353 bits per heavy atom. The Morgan fingerprint density at radius 2 is 0.735 bits per heavy atom. The molecule has 6 heterocycles. The van der Waals surface area contributed by atoms with Crippen LogP contribution in [0.25, 0.3) is 66.6 Å². The molecule has 0 aliphatic carbocycles. The van der Waals surface area contributed by atoms with Crippen molar-refractivity contribution in [3.05, 3.63) is 97.3 Å². The quantitative estimate of drug-likeness (QED) is 0.309. The predicted molar refractivity (Wildman–Crippen MR) is 134 cm³/mol. The van der Waals surface area contributed by atoms with E-state index in [9.17, 15) is 0 Å². The Hall–Kier alpha value is -4.84. The zero-order valence-electron chi connectivity index (χ0n) is 17.9. The van der Waals surface area contributed by atoms with E-state index in [1.54, 1.807) is 12.4 Å². The summed E-state index contributed by atoms with van der Waals surface area (Å²) in [7, 11) is 0. The standard InChI is InChI=1S/C28H16N6/c1-3-19-9-13-23(33-27(19)29-15-1)21-11-7-17-5-6-18-8-12-22(32-26(18)25(17)31-21)24-14-10-20-4-2-16-30-28(20)34-24/h1-16H. The first-order valence-corrected chi connectivity index (χ1v) is 11.0. The van der Waals surface area contributed by atoms with Crippen LogP contribution in [0.3, 0.4) is 0 Å². The Bertz CT molecular complexity index is 1740. The van der Waals surface area contributed by atoms with Gasteiger partial charge in [0.25, 0.3) is 0 Å². The number of hydrogen-bond acceptors (Lipinski definition) is 6. The second-order valence-corrected chi connectivity index (χ2v) is 8.10. The molecule has 34 heavy (non-hydrogen) atoms. The summed E-state index contributed by atoms with van der Waals surface area (Å²) in [6.45, 7) is 0. The minimum Gasteiger partial charge on any atom is -0.244 e. The maximum atomic E-state index is 4.98. The van der Waals surface area contributed by atoms with E-state index < -0.39 is 0 Å². The minimum absolute atomic E-state index is 0.705. The topological polar surface area (TPSA) is 77.3 Å². The zero-order valence-corrected chi connectivity index (χ0v) is 17.9. The van der Waals surface area contributed by atoms with Crippen LogP contribution < -0.4 is 0 Å². The number of rotatable bonds is 2. The van der Waals surface area contributed by atoms with Gasteiger partial charge in [-0.25, -0.2) is 29.9 Å². The summed E-state index contributed by atoms with van der Waals surface area (Å²) in [6.07, 6.45) is 3.50. The molecule has 7 aromatic rings. The lowest BCUT2D eigenvalue weighted by Crippen LogP contribution is -1.94. The summed E-state index contributed by atoms with van der Waals surface area (Å²) in [4.78, 5) is 28.2. The second-order valence-electron chi connectivity index (χ2n) is 8.10. The highest BCUT2D eigenvalue weighted by Crippen LogP contribution is 2.28. The van der Waals surface area contributed by atoms with Gasteiger partial charge in [-0.15, -0.1) is 0 Å². The summed E-state index contributed by atoms with van der Waals surface area (Å²) >= 11 is 0. The molecule has 1 aromatic carbocycles. The summed E-state index contributed by atoms with van der Waals surface area (Å²) in [5, 5.41) is 4.04. The lowest BCUT2D eigenvalue weighted by atomic mass is 10.1. The molecule has 0 N–H and O–H groups in total. The Labute approximate surface area is 194 Å². The molecule has 0 saturated carbocycles. The van der Waals surface area contributed by atoms with Crippen molar-refractivity contribution in [2.45, 2.75) is 0 Å². The molecule has 158 valence electrons. The van der Waals surface area contributed by atoms with E-state index in [1.165, 1.54) is 0 Å². The zero-order chi connectivity index (χ0) is 22.5. The lowest BCUT2D eigenvalue weighted by Gasteiger charge is -2.08. The second kappa shape index (κ2) is 7.35. The van der Waals surface area contributed by atoms with Gasteiger partial charge in [0.05, 0.1) is 33.8 Å². The van der Waals surface area contributed by atoms with E-state index in [-0.39, 0.29) is 0 Å². The molecule has 0 radical (unpaired) electrons. The SMILES string of the molecule is c1cnc2nc(-c3ccc4ccc5ccc(-c6ccc7cccnc7n6)nc5c4n3)ccc2c1. The summed E-state index contributed by atoms with van der Waals surface area (Å²) < 4.78 is 0. The van der Waals surface area contributed by atoms with Gasteiger partial charge in [-0.2, -0.15) is 0 Å². The summed E-state index contributed by atoms with van der Waals surface area (Å²) in [6, 6.07) is 28.1. The van der Waals surface area contributed by atoms with Gasteiger partial charge in [0.15, 0.2) is 11.3 Å². The molecule has 0 amide bonds. The van der Waals surface area contributed by atoms with Crippen LogP contribution >= 0.6 is 0 Å². The monoisotopic (exact) mass is 436 g/mol. The van der Waals surface area contributed by atoms with Crippen LogP contribution in [0.1, 0.15) is 0 Å². The molecule has 0 atom stereocenters. The van der Waals surface area contributed by atoms with Gasteiger partial charge in [0.1, 0.15) is 0 Å². The normalized spacial score (nSPS) is 11.5. The van der Waals surface area contributed by atoms with E-state index in [2.05, 4.69) is 34.2 Å². The van der Waals surface area contributed by atoms with Crippen molar-refractivity contribution in [1.29, 1.82) is 0 Å². The number of nitrogens with zero attached hydrogens (tertiary/aromatic N) is 6. The third-order valence-electron chi connectivity index (χ3n) is 5.97. The van der Waals surface area contributed by atoms with Crippen LogP contribution in [0, 0.1) is 0 Å². The molecular weight excluding hydrogens is 420 g/mol. The molecule has 0 saturated heterocycles. The molecule has 6 heteroatoms. The van der Waals surface area contributed by atoms with Gasteiger partial charge in [0, 0.05) is 33.9 Å². The van der Waals surface area contributed by atoms with Gasteiger partial charge in [0.2, 0.25) is 0 Å². The van der Waals surface area contributed by atoms with E-state index in [0.29, 0.717) is 11.3 Å². The number of fused-ring (bicyclic) bond motifs is 5. The fourth-order valence-electron chi connectivity index (χ4n) is 4.24. The fourth-order valence-corrected chi connectivity index (χ4v) is 4.24. The first kappa shape index (κ1) is 18.7. The van der Waals surface area contributed by atoms with Gasteiger partial charge in [-0.3, -0.25) is 0 Å². The first-order chi connectivity index (χ1) is 16.8. The number of benzene rings is 1. The van der Waals surface area contributed by atoms with Crippen LogP contribution in [0.15, 0.2) is 97.3 Å². The van der Waals surface area contributed by atoms with Crippen LogP contribution in [0.5, 0.6) is 0 Å². The van der Waals surface area contributed by atoms with Gasteiger partial charge in [-0.1, -0.05) is 24.3 Å². The van der Waals surface area contributed by atoms with Crippen LogP contribution in [-0.4, -0.2) is 29.9 Å². The Kier molecular flexibility index (Phi) is 4.04. The number of pyridine rings is 6. The number of aromatic nitrogens is 6. The molecular formula is C28H16N6. The third-order valence-corrected chi connectivity index (χ3v) is 5.97. The maximum absolute atomic E-state index is 4.98. The largest absolute Gasteiger partial charge is 0.244 e. The van der Waals surface area contributed by atoms with Gasteiger partial charge >= 0.3 is 0 Å². The van der Waals surface area contributed by atoms with Crippen LogP contribution in [0.2, 0.25) is 0 Å². The molecule has 0 aliphatic rings. The van der Waals surface area contributed by atoms with Crippen molar-refractivity contribution < 1.29 is 0 Å². The van der Waals surface area contributed by atoms with Gasteiger partial charge in [-0.05, 0) is 60.7 Å². The Balaban J connectivity index is 1.41.